The highest BCUT2D eigenvalue weighted by atomic mass is 19.3. The van der Waals surface area contributed by atoms with E-state index >= 15 is 0 Å². The Morgan fingerprint density at radius 2 is 0.505 bits per heavy atom. The van der Waals surface area contributed by atoms with Crippen molar-refractivity contribution in [3.05, 3.63) is 117 Å². The molecule has 0 saturated heterocycles. The number of rotatable bonds is 22. The Morgan fingerprint density at radius 3 is 0.714 bits per heavy atom. The number of hydrogen-bond acceptors (Lipinski definition) is 4. The lowest BCUT2D eigenvalue weighted by Crippen LogP contribution is -2.37. The Morgan fingerprint density at radius 1 is 0.297 bits per heavy atom. The average Bonchev–Trinajstić information content (AvgIpc) is 0.931. The van der Waals surface area contributed by atoms with Crippen LogP contribution in [0.4, 0.5) is 70.2 Å². The van der Waals surface area contributed by atoms with Crippen molar-refractivity contribution in [2.24, 2.45) is 47.3 Å². The van der Waals surface area contributed by atoms with Crippen LogP contribution in [-0.4, -0.2) is 24.4 Å². The molecule has 516 valence electrons. The molecular formula is C71H96F16O4. The summed E-state index contributed by atoms with van der Waals surface area (Å²) in [6.45, 7) is 13.4. The van der Waals surface area contributed by atoms with Gasteiger partial charge in [-0.25, -0.2) is 35.1 Å². The van der Waals surface area contributed by atoms with Crippen molar-refractivity contribution in [1.29, 1.82) is 0 Å². The van der Waals surface area contributed by atoms with Gasteiger partial charge in [0.05, 0.1) is 23.7 Å². The molecule has 0 unspecified atom stereocenters. The predicted molar refractivity (Wildman–Crippen MR) is 324 cm³/mol. The number of hydrogen-bond donors (Lipinski definition) is 0. The Labute approximate surface area is 529 Å². The summed E-state index contributed by atoms with van der Waals surface area (Å²) in [7, 11) is 0. The molecule has 0 aromatic heterocycles. The van der Waals surface area contributed by atoms with Crippen LogP contribution in [0.3, 0.4) is 0 Å². The SMILES string of the molecule is C.CCC1CCC(C(F)(F)Oc2cc(F)c(C)c(F)c2)CC1.CCCC1CCC(C(F)(F)Oc2cc(F)c(C)c(F)c2)CC1.CCCCC1CCC(C(F)(F)Oc2cc(F)c(C)c(F)c2)CC1.CCCCCC1CCC(C(F)(F)Oc2cc(F)c(C)c(F)c2)CC1. The lowest BCUT2D eigenvalue weighted by Gasteiger charge is -2.33. The van der Waals surface area contributed by atoms with Crippen LogP contribution in [0.15, 0.2) is 48.5 Å². The zero-order valence-electron chi connectivity index (χ0n) is 53.3. The molecule has 4 aliphatic carbocycles. The van der Waals surface area contributed by atoms with Crippen molar-refractivity contribution in [1.82, 2.24) is 0 Å². The second kappa shape index (κ2) is 36.0. The highest BCUT2D eigenvalue weighted by molar-refractivity contribution is 5.33. The van der Waals surface area contributed by atoms with Gasteiger partial charge in [-0.3, -0.25) is 0 Å². The van der Waals surface area contributed by atoms with Crippen LogP contribution in [0.25, 0.3) is 0 Å². The Hall–Kier alpha value is -5.04. The largest absolute Gasteiger partial charge is 0.432 e. The van der Waals surface area contributed by atoms with Crippen LogP contribution >= 0.6 is 0 Å². The van der Waals surface area contributed by atoms with Crippen LogP contribution in [0.5, 0.6) is 23.0 Å². The number of alkyl halides is 8. The third-order valence-corrected chi connectivity index (χ3v) is 18.8. The number of benzene rings is 4. The number of ether oxygens (including phenoxy) is 4. The minimum atomic E-state index is -3.40. The van der Waals surface area contributed by atoms with Gasteiger partial charge in [-0.1, -0.05) is 99.3 Å². The minimum absolute atomic E-state index is 0. The molecule has 0 spiro atoms. The van der Waals surface area contributed by atoms with Crippen molar-refractivity contribution < 1.29 is 89.2 Å². The van der Waals surface area contributed by atoms with Gasteiger partial charge in [-0.05, 0) is 154 Å². The summed E-state index contributed by atoms with van der Waals surface area (Å²) in [5.41, 5.74) is -0.791. The molecule has 0 bridgehead atoms. The summed E-state index contributed by atoms with van der Waals surface area (Å²) in [6, 6.07) is 6.53. The molecule has 0 N–H and O–H groups in total. The molecule has 0 amide bonds. The first-order valence-electron chi connectivity index (χ1n) is 32.4. The second-order valence-corrected chi connectivity index (χ2v) is 25.4. The Balaban J connectivity index is 0.000000258. The first-order chi connectivity index (χ1) is 42.3. The highest BCUT2D eigenvalue weighted by Crippen LogP contribution is 2.46. The van der Waals surface area contributed by atoms with E-state index in [9.17, 15) is 70.2 Å². The van der Waals surface area contributed by atoms with Gasteiger partial charge >= 0.3 is 24.4 Å². The monoisotopic (exact) mass is 1320 g/mol. The Bertz CT molecular complexity index is 2720. The topological polar surface area (TPSA) is 36.9 Å². The van der Waals surface area contributed by atoms with Crippen molar-refractivity contribution in [3.8, 4) is 23.0 Å². The first kappa shape index (κ1) is 78.4. The normalized spacial score (nSPS) is 22.2. The van der Waals surface area contributed by atoms with Gasteiger partial charge in [0.25, 0.3) is 0 Å². The van der Waals surface area contributed by atoms with E-state index in [-0.39, 0.29) is 29.7 Å². The summed E-state index contributed by atoms with van der Waals surface area (Å²) < 4.78 is 240. The van der Waals surface area contributed by atoms with Crippen LogP contribution in [0.1, 0.15) is 224 Å². The molecule has 20 heteroatoms. The van der Waals surface area contributed by atoms with Gasteiger partial charge in [-0.2, -0.15) is 35.1 Å². The maximum atomic E-state index is 14.3. The van der Waals surface area contributed by atoms with Gasteiger partial charge in [0.15, 0.2) is 0 Å². The second-order valence-electron chi connectivity index (χ2n) is 25.4. The van der Waals surface area contributed by atoms with E-state index in [4.69, 9.17) is 0 Å². The number of halogens is 16. The van der Waals surface area contributed by atoms with Gasteiger partial charge in [0, 0.05) is 70.8 Å². The fourth-order valence-corrected chi connectivity index (χ4v) is 12.5. The fraction of sp³-hybridized carbons (Fsp3) is 0.662. The van der Waals surface area contributed by atoms with Crippen LogP contribution in [0, 0.1) is 122 Å². The van der Waals surface area contributed by atoms with Crippen LogP contribution in [-0.2, 0) is 0 Å². The lowest BCUT2D eigenvalue weighted by molar-refractivity contribution is -0.224. The maximum absolute atomic E-state index is 14.3. The molecule has 4 aromatic rings. The molecule has 4 saturated carbocycles. The quantitative estimate of drug-likeness (QED) is 0.0580. The lowest BCUT2D eigenvalue weighted by atomic mass is 9.79. The summed E-state index contributed by atoms with van der Waals surface area (Å²) in [5.74, 6) is -10.4. The summed E-state index contributed by atoms with van der Waals surface area (Å²) in [4.78, 5) is 0. The predicted octanol–water partition coefficient (Wildman–Crippen LogP) is 24.8. The zero-order valence-corrected chi connectivity index (χ0v) is 53.3. The van der Waals surface area contributed by atoms with Crippen molar-refractivity contribution in [2.45, 2.75) is 254 Å². The van der Waals surface area contributed by atoms with Crippen LogP contribution < -0.4 is 18.9 Å². The zero-order chi connectivity index (χ0) is 66.7. The smallest absolute Gasteiger partial charge is 0.400 e. The van der Waals surface area contributed by atoms with Crippen molar-refractivity contribution in [2.75, 3.05) is 0 Å². The van der Waals surface area contributed by atoms with E-state index in [2.05, 4.69) is 46.6 Å². The molecule has 8 rings (SSSR count). The van der Waals surface area contributed by atoms with Crippen LogP contribution in [0.2, 0.25) is 0 Å². The fourth-order valence-electron chi connectivity index (χ4n) is 12.5. The summed E-state index contributed by atoms with van der Waals surface area (Å²) in [5, 5.41) is 0. The van der Waals surface area contributed by atoms with Gasteiger partial charge in [-0.15, -0.1) is 0 Å². The number of unbranched alkanes of at least 4 members (excludes halogenated alkanes) is 3. The van der Waals surface area contributed by atoms with Gasteiger partial charge < -0.3 is 18.9 Å². The molecule has 0 radical (unpaired) electrons. The molecule has 4 nitrogen and oxygen atoms in total. The van der Waals surface area contributed by atoms with E-state index in [0.717, 1.165) is 158 Å². The van der Waals surface area contributed by atoms with Crippen molar-refractivity contribution >= 4 is 0 Å². The van der Waals surface area contributed by atoms with E-state index in [1.807, 2.05) is 0 Å². The van der Waals surface area contributed by atoms with E-state index in [1.165, 1.54) is 34.1 Å². The molecule has 4 aliphatic rings. The standard InChI is InChI=1S/C19H26F4O.C18H24F4O.C17H22F4O.C16H20F4O.CH4/c1-3-4-5-6-14-7-9-15(10-8-14)19(22,23)24-16-11-17(20)13(2)18(21)12-16;1-3-4-5-13-6-8-14(9-7-13)18(21,22)23-15-10-16(19)12(2)17(20)11-15;1-3-4-12-5-7-13(8-6-12)17(20,21)22-14-9-15(18)11(2)16(19)10-14;1-3-11-4-6-12(7-5-11)16(19,20)21-13-8-14(17)10(2)15(18)9-13;/h11-12,14-15H,3-10H2,1-2H3;10-11,13-14H,3-9H2,1-2H3;9-10,12-13H,3-8H2,1-2H3;8-9,11-12H,3-7H2,1-2H3;1H4. The molecular weight excluding hydrogens is 1220 g/mol. The third kappa shape index (κ3) is 23.7. The molecule has 0 aliphatic heterocycles. The highest BCUT2D eigenvalue weighted by Gasteiger charge is 2.47. The van der Waals surface area contributed by atoms with E-state index in [1.54, 1.807) is 0 Å². The molecule has 0 atom stereocenters. The summed E-state index contributed by atoms with van der Waals surface area (Å²) in [6.07, 6.45) is 6.60. The van der Waals surface area contributed by atoms with E-state index < -0.39 is 118 Å². The minimum Gasteiger partial charge on any atom is -0.432 e. The Kier molecular flexibility index (Phi) is 31.0. The molecule has 91 heavy (non-hydrogen) atoms. The molecule has 4 aromatic carbocycles. The van der Waals surface area contributed by atoms with Gasteiger partial charge in [0.2, 0.25) is 0 Å². The molecule has 0 heterocycles. The van der Waals surface area contributed by atoms with E-state index in [0.29, 0.717) is 75.0 Å². The molecule has 4 fully saturated rings. The third-order valence-electron chi connectivity index (χ3n) is 18.8. The summed E-state index contributed by atoms with van der Waals surface area (Å²) >= 11 is 0. The average molecular weight is 1320 g/mol. The van der Waals surface area contributed by atoms with Crippen molar-refractivity contribution in [3.63, 3.8) is 0 Å². The maximum Gasteiger partial charge on any atom is 0.400 e. The first-order valence-corrected chi connectivity index (χ1v) is 32.4. The van der Waals surface area contributed by atoms with Gasteiger partial charge in [0.1, 0.15) is 69.5 Å².